The zero-order chi connectivity index (χ0) is 18.7. The average molecular weight is 371 g/mol. The van der Waals surface area contributed by atoms with Crippen molar-refractivity contribution in [2.75, 3.05) is 51.1 Å². The molecule has 1 fully saturated rings. The quantitative estimate of drug-likeness (QED) is 0.422. The first-order valence-electron chi connectivity index (χ1n) is 9.79. The predicted molar refractivity (Wildman–Crippen MR) is 109 cm³/mol. The summed E-state index contributed by atoms with van der Waals surface area (Å²) >= 11 is 0. The maximum absolute atomic E-state index is 4.92. The van der Waals surface area contributed by atoms with E-state index in [9.17, 15) is 0 Å². The van der Waals surface area contributed by atoms with E-state index in [1.54, 1.807) is 6.26 Å². The normalized spacial score (nSPS) is 15.7. The van der Waals surface area contributed by atoms with E-state index < -0.39 is 0 Å². The van der Waals surface area contributed by atoms with Crippen LogP contribution in [0.5, 0.6) is 0 Å². The molecule has 3 rings (SSSR count). The highest BCUT2D eigenvalue weighted by atomic mass is 16.5. The number of aromatic nitrogens is 1. The van der Waals surface area contributed by atoms with Gasteiger partial charge in [0.15, 0.2) is 5.96 Å². The molecular formula is C20H30N6O. The maximum Gasteiger partial charge on any atom is 0.194 e. The maximum atomic E-state index is 4.92. The number of aliphatic imine (C=N–C) groups is 1. The van der Waals surface area contributed by atoms with E-state index in [2.05, 4.69) is 44.6 Å². The van der Waals surface area contributed by atoms with Gasteiger partial charge in [0.05, 0.1) is 5.69 Å². The number of hydrogen-bond donors (Lipinski definition) is 2. The first kappa shape index (κ1) is 19.2. The molecule has 1 aliphatic heterocycles. The fourth-order valence-corrected chi connectivity index (χ4v) is 3.14. The fourth-order valence-electron chi connectivity index (χ4n) is 3.14. The number of hydrogen-bond acceptors (Lipinski definition) is 5. The lowest BCUT2D eigenvalue weighted by Crippen LogP contribution is -2.52. The number of piperazine rings is 1. The van der Waals surface area contributed by atoms with Gasteiger partial charge in [0, 0.05) is 64.1 Å². The van der Waals surface area contributed by atoms with Gasteiger partial charge in [-0.1, -0.05) is 23.4 Å². The second kappa shape index (κ2) is 10.6. The third kappa shape index (κ3) is 6.29. The SMILES string of the molecule is CCNC(=NCCCNc1ccccc1)N1CCN(Cc2ccon2)CC1. The molecule has 2 heterocycles. The van der Waals surface area contributed by atoms with Crippen molar-refractivity contribution in [3.63, 3.8) is 0 Å². The van der Waals surface area contributed by atoms with E-state index >= 15 is 0 Å². The van der Waals surface area contributed by atoms with Crippen molar-refractivity contribution < 1.29 is 4.52 Å². The third-order valence-corrected chi connectivity index (χ3v) is 4.58. The molecule has 27 heavy (non-hydrogen) atoms. The molecule has 0 bridgehead atoms. The summed E-state index contributed by atoms with van der Waals surface area (Å²) in [5, 5.41) is 10.9. The highest BCUT2D eigenvalue weighted by Crippen LogP contribution is 2.08. The molecule has 0 saturated carbocycles. The first-order valence-corrected chi connectivity index (χ1v) is 9.79. The molecule has 7 heteroatoms. The Bertz CT molecular complexity index is 665. The molecular weight excluding hydrogens is 340 g/mol. The summed E-state index contributed by atoms with van der Waals surface area (Å²) in [6, 6.07) is 12.2. The van der Waals surface area contributed by atoms with Gasteiger partial charge in [-0.2, -0.15) is 0 Å². The Labute approximate surface area is 161 Å². The van der Waals surface area contributed by atoms with Crippen molar-refractivity contribution in [1.82, 2.24) is 20.3 Å². The van der Waals surface area contributed by atoms with Crippen molar-refractivity contribution in [2.24, 2.45) is 4.99 Å². The van der Waals surface area contributed by atoms with E-state index in [0.717, 1.165) is 76.1 Å². The van der Waals surface area contributed by atoms with E-state index in [1.165, 1.54) is 0 Å². The predicted octanol–water partition coefficient (Wildman–Crippen LogP) is 2.26. The molecule has 2 N–H and O–H groups in total. The van der Waals surface area contributed by atoms with Crippen LogP contribution in [0, 0.1) is 0 Å². The first-order chi connectivity index (χ1) is 13.3. The Morgan fingerprint density at radius 1 is 1.15 bits per heavy atom. The van der Waals surface area contributed by atoms with Crippen molar-refractivity contribution in [3.8, 4) is 0 Å². The Morgan fingerprint density at radius 2 is 1.96 bits per heavy atom. The lowest BCUT2D eigenvalue weighted by Gasteiger charge is -2.36. The molecule has 7 nitrogen and oxygen atoms in total. The van der Waals surface area contributed by atoms with Gasteiger partial charge < -0.3 is 20.1 Å². The van der Waals surface area contributed by atoms with Gasteiger partial charge in [0.25, 0.3) is 0 Å². The van der Waals surface area contributed by atoms with Gasteiger partial charge in [-0.05, 0) is 25.5 Å². The van der Waals surface area contributed by atoms with Crippen molar-refractivity contribution >= 4 is 11.6 Å². The summed E-state index contributed by atoms with van der Waals surface area (Å²) in [5.41, 5.74) is 2.16. The van der Waals surface area contributed by atoms with Gasteiger partial charge in [-0.3, -0.25) is 9.89 Å². The van der Waals surface area contributed by atoms with Crippen molar-refractivity contribution in [2.45, 2.75) is 19.9 Å². The zero-order valence-corrected chi connectivity index (χ0v) is 16.1. The van der Waals surface area contributed by atoms with Gasteiger partial charge in [0.2, 0.25) is 0 Å². The minimum atomic E-state index is 0.821. The van der Waals surface area contributed by atoms with Crippen LogP contribution in [0.15, 0.2) is 52.2 Å². The minimum Gasteiger partial charge on any atom is -0.385 e. The number of nitrogens with zero attached hydrogens (tertiary/aromatic N) is 4. The highest BCUT2D eigenvalue weighted by Gasteiger charge is 2.20. The highest BCUT2D eigenvalue weighted by molar-refractivity contribution is 5.80. The molecule has 1 aliphatic rings. The topological polar surface area (TPSA) is 68.9 Å². The van der Waals surface area contributed by atoms with Crippen LogP contribution in [-0.4, -0.2) is 66.7 Å². The fraction of sp³-hybridized carbons (Fsp3) is 0.500. The number of guanidine groups is 1. The van der Waals surface area contributed by atoms with Crippen molar-refractivity contribution in [3.05, 3.63) is 48.4 Å². The standard InChI is InChI=1S/C20H30N6O/c1-2-21-20(23-11-6-10-22-18-7-4-3-5-8-18)26-14-12-25(13-15-26)17-19-9-16-27-24-19/h3-5,7-9,16,22H,2,6,10-15,17H2,1H3,(H,21,23). The van der Waals surface area contributed by atoms with Crippen LogP contribution >= 0.6 is 0 Å². The Morgan fingerprint density at radius 3 is 2.67 bits per heavy atom. The second-order valence-corrected chi connectivity index (χ2v) is 6.64. The smallest absolute Gasteiger partial charge is 0.194 e. The molecule has 0 atom stereocenters. The van der Waals surface area contributed by atoms with Crippen LogP contribution in [0.3, 0.4) is 0 Å². The Balaban J connectivity index is 1.40. The van der Waals surface area contributed by atoms with E-state index in [1.807, 2.05) is 24.3 Å². The summed E-state index contributed by atoms with van der Waals surface area (Å²) in [6.07, 6.45) is 2.64. The van der Waals surface area contributed by atoms with Crippen LogP contribution in [0.25, 0.3) is 0 Å². The van der Waals surface area contributed by atoms with E-state index in [0.29, 0.717) is 0 Å². The summed E-state index contributed by atoms with van der Waals surface area (Å²) in [6.45, 7) is 9.58. The molecule has 146 valence electrons. The van der Waals surface area contributed by atoms with Crippen LogP contribution in [-0.2, 0) is 6.54 Å². The lowest BCUT2D eigenvalue weighted by molar-refractivity contribution is 0.169. The summed E-state index contributed by atoms with van der Waals surface area (Å²) in [7, 11) is 0. The molecule has 0 amide bonds. The monoisotopic (exact) mass is 370 g/mol. The van der Waals surface area contributed by atoms with Crippen LogP contribution < -0.4 is 10.6 Å². The summed E-state index contributed by atoms with van der Waals surface area (Å²) in [5.74, 6) is 1.03. The van der Waals surface area contributed by atoms with Gasteiger partial charge >= 0.3 is 0 Å². The number of rotatable bonds is 8. The Hall–Kier alpha value is -2.54. The molecule has 0 aliphatic carbocycles. The lowest BCUT2D eigenvalue weighted by atomic mass is 10.3. The van der Waals surface area contributed by atoms with E-state index in [-0.39, 0.29) is 0 Å². The molecule has 2 aromatic rings. The van der Waals surface area contributed by atoms with Gasteiger partial charge in [-0.15, -0.1) is 0 Å². The number of nitrogens with one attached hydrogen (secondary N) is 2. The van der Waals surface area contributed by atoms with Gasteiger partial charge in [0.1, 0.15) is 6.26 Å². The Kier molecular flexibility index (Phi) is 7.53. The van der Waals surface area contributed by atoms with Gasteiger partial charge in [-0.25, -0.2) is 0 Å². The number of benzene rings is 1. The number of anilines is 1. The summed E-state index contributed by atoms with van der Waals surface area (Å²) in [4.78, 5) is 9.57. The third-order valence-electron chi connectivity index (χ3n) is 4.58. The van der Waals surface area contributed by atoms with Crippen LogP contribution in [0.4, 0.5) is 5.69 Å². The number of para-hydroxylation sites is 1. The zero-order valence-electron chi connectivity index (χ0n) is 16.1. The molecule has 1 aromatic heterocycles. The van der Waals surface area contributed by atoms with E-state index in [4.69, 9.17) is 9.52 Å². The molecule has 0 radical (unpaired) electrons. The molecule has 0 spiro atoms. The molecule has 0 unspecified atom stereocenters. The largest absolute Gasteiger partial charge is 0.385 e. The molecule has 1 aromatic carbocycles. The summed E-state index contributed by atoms with van der Waals surface area (Å²) < 4.78 is 4.92. The average Bonchev–Trinajstić information content (AvgIpc) is 3.21. The minimum absolute atomic E-state index is 0.821. The molecule has 1 saturated heterocycles. The second-order valence-electron chi connectivity index (χ2n) is 6.64. The van der Waals surface area contributed by atoms with Crippen LogP contribution in [0.1, 0.15) is 19.0 Å². The van der Waals surface area contributed by atoms with Crippen LogP contribution in [0.2, 0.25) is 0 Å². The van der Waals surface area contributed by atoms with Crippen molar-refractivity contribution in [1.29, 1.82) is 0 Å².